The van der Waals surface area contributed by atoms with E-state index in [4.69, 9.17) is 4.74 Å². The fraction of sp³-hybridized carbons (Fsp3) is 0.556. The fourth-order valence-corrected chi connectivity index (χ4v) is 4.14. The minimum absolute atomic E-state index is 0.235. The van der Waals surface area contributed by atoms with E-state index in [-0.39, 0.29) is 17.6 Å². The number of nitrogens with zero attached hydrogens (tertiary/aromatic N) is 1. The molecule has 2 heterocycles. The van der Waals surface area contributed by atoms with Crippen LogP contribution in [0.25, 0.3) is 0 Å². The average molecular weight is 314 g/mol. The molecule has 4 rings (SSSR count). The van der Waals surface area contributed by atoms with E-state index in [0.29, 0.717) is 32.0 Å². The van der Waals surface area contributed by atoms with Crippen LogP contribution >= 0.6 is 0 Å². The minimum Gasteiger partial charge on any atom is -0.441 e. The Morgan fingerprint density at radius 1 is 1.30 bits per heavy atom. The van der Waals surface area contributed by atoms with Crippen LogP contribution in [0.15, 0.2) is 24.3 Å². The number of alkyl carbamates (subject to hydrolysis) is 1. The molecular formula is C18H22N2O3. The Balaban J connectivity index is 1.35. The summed E-state index contributed by atoms with van der Waals surface area (Å²) >= 11 is 0. The number of rotatable bonds is 2. The fourth-order valence-electron chi connectivity index (χ4n) is 4.14. The number of aryl methyl sites for hydroxylation is 1. The van der Waals surface area contributed by atoms with E-state index in [1.807, 2.05) is 4.90 Å². The molecule has 1 aromatic carbocycles. The zero-order chi connectivity index (χ0) is 15.9. The van der Waals surface area contributed by atoms with Crippen molar-refractivity contribution in [2.75, 3.05) is 19.6 Å². The number of amides is 2. The van der Waals surface area contributed by atoms with Gasteiger partial charge in [-0.15, -0.1) is 0 Å². The van der Waals surface area contributed by atoms with Crippen LogP contribution in [0.1, 0.15) is 42.7 Å². The Kier molecular flexibility index (Phi) is 3.51. The minimum atomic E-state index is -0.381. The molecule has 1 aliphatic carbocycles. The van der Waals surface area contributed by atoms with Gasteiger partial charge in [0.15, 0.2) is 0 Å². The largest absolute Gasteiger partial charge is 0.441 e. The van der Waals surface area contributed by atoms with Gasteiger partial charge >= 0.3 is 6.09 Å². The Labute approximate surface area is 136 Å². The van der Waals surface area contributed by atoms with Gasteiger partial charge in [-0.3, -0.25) is 4.79 Å². The van der Waals surface area contributed by atoms with Crippen LogP contribution in [0.2, 0.25) is 0 Å². The molecule has 1 atom stereocenters. The van der Waals surface area contributed by atoms with Crippen LogP contribution in [-0.4, -0.2) is 42.1 Å². The lowest BCUT2D eigenvalue weighted by Gasteiger charge is -2.37. The highest BCUT2D eigenvalue weighted by molar-refractivity contribution is 5.77. The van der Waals surface area contributed by atoms with E-state index in [9.17, 15) is 9.59 Å². The van der Waals surface area contributed by atoms with Gasteiger partial charge in [0.1, 0.15) is 5.60 Å². The third-order valence-corrected chi connectivity index (χ3v) is 5.57. The van der Waals surface area contributed by atoms with E-state index in [1.54, 1.807) is 0 Å². The molecule has 2 saturated heterocycles. The van der Waals surface area contributed by atoms with Crippen LogP contribution in [0, 0.1) is 0 Å². The summed E-state index contributed by atoms with van der Waals surface area (Å²) in [5.74, 6) is 0.597. The topological polar surface area (TPSA) is 58.6 Å². The van der Waals surface area contributed by atoms with Crippen molar-refractivity contribution in [2.45, 2.75) is 43.6 Å². The lowest BCUT2D eigenvalue weighted by molar-refractivity contribution is -0.134. The van der Waals surface area contributed by atoms with Crippen LogP contribution in [0.5, 0.6) is 0 Å². The predicted molar refractivity (Wildman–Crippen MR) is 85.1 cm³/mol. The molecule has 23 heavy (non-hydrogen) atoms. The quantitative estimate of drug-likeness (QED) is 0.910. The first kappa shape index (κ1) is 14.5. The molecular weight excluding hydrogens is 292 g/mol. The Morgan fingerprint density at radius 3 is 2.83 bits per heavy atom. The molecule has 3 aliphatic rings. The van der Waals surface area contributed by atoms with Crippen molar-refractivity contribution < 1.29 is 14.3 Å². The Bertz CT molecular complexity index is 635. The maximum absolute atomic E-state index is 12.6. The molecule has 1 aromatic rings. The number of nitrogens with one attached hydrogen (secondary N) is 1. The van der Waals surface area contributed by atoms with Crippen LogP contribution < -0.4 is 5.32 Å². The molecule has 2 aliphatic heterocycles. The smallest absolute Gasteiger partial charge is 0.407 e. The van der Waals surface area contributed by atoms with E-state index in [2.05, 4.69) is 29.6 Å². The number of likely N-dealkylation sites (tertiary alicyclic amines) is 1. The molecule has 1 unspecified atom stereocenters. The first-order valence-corrected chi connectivity index (χ1v) is 8.48. The molecule has 0 saturated carbocycles. The highest BCUT2D eigenvalue weighted by Crippen LogP contribution is 2.36. The van der Waals surface area contributed by atoms with Gasteiger partial charge in [0.25, 0.3) is 0 Å². The van der Waals surface area contributed by atoms with Crippen molar-refractivity contribution in [3.05, 3.63) is 35.4 Å². The molecule has 1 spiro atoms. The maximum atomic E-state index is 12.6. The molecule has 5 nitrogen and oxygen atoms in total. The normalized spacial score (nSPS) is 25.1. The van der Waals surface area contributed by atoms with E-state index >= 15 is 0 Å². The van der Waals surface area contributed by atoms with Gasteiger partial charge < -0.3 is 15.0 Å². The highest BCUT2D eigenvalue weighted by Gasteiger charge is 2.43. The van der Waals surface area contributed by atoms with Gasteiger partial charge in [0.05, 0.1) is 6.54 Å². The third-order valence-electron chi connectivity index (χ3n) is 5.57. The summed E-state index contributed by atoms with van der Waals surface area (Å²) in [4.78, 5) is 25.8. The number of piperidine rings is 1. The summed E-state index contributed by atoms with van der Waals surface area (Å²) in [6, 6.07) is 8.47. The number of carbonyl (C=O) groups is 2. The molecule has 2 fully saturated rings. The van der Waals surface area contributed by atoms with Crippen molar-refractivity contribution in [2.24, 2.45) is 0 Å². The Hall–Kier alpha value is -2.04. The van der Waals surface area contributed by atoms with Gasteiger partial charge in [0, 0.05) is 32.4 Å². The van der Waals surface area contributed by atoms with Crippen molar-refractivity contribution in [1.82, 2.24) is 10.2 Å². The molecule has 0 bridgehead atoms. The maximum Gasteiger partial charge on any atom is 0.407 e. The van der Waals surface area contributed by atoms with Crippen molar-refractivity contribution in [3.63, 3.8) is 0 Å². The average Bonchev–Trinajstić information content (AvgIpc) is 3.13. The van der Waals surface area contributed by atoms with Crippen molar-refractivity contribution >= 4 is 12.0 Å². The van der Waals surface area contributed by atoms with Crippen LogP contribution in [-0.2, 0) is 16.0 Å². The number of hydrogen-bond donors (Lipinski definition) is 1. The summed E-state index contributed by atoms with van der Waals surface area (Å²) in [7, 11) is 0. The van der Waals surface area contributed by atoms with Gasteiger partial charge in [-0.2, -0.15) is 0 Å². The molecule has 2 amide bonds. The summed E-state index contributed by atoms with van der Waals surface area (Å²) < 4.78 is 5.41. The monoisotopic (exact) mass is 314 g/mol. The van der Waals surface area contributed by atoms with E-state index < -0.39 is 0 Å². The zero-order valence-corrected chi connectivity index (χ0v) is 13.2. The standard InChI is InChI=1S/C18H22N2O3/c21-16(11-14-6-5-13-3-1-2-4-15(13)14)20-9-7-18(8-10-20)12-19-17(22)23-18/h1-4,14H,5-12H2,(H,19,22). The number of ether oxygens (including phenoxy) is 1. The summed E-state index contributed by atoms with van der Waals surface area (Å²) in [6.07, 6.45) is 3.90. The van der Waals surface area contributed by atoms with Gasteiger partial charge in [-0.1, -0.05) is 24.3 Å². The van der Waals surface area contributed by atoms with Crippen molar-refractivity contribution in [1.29, 1.82) is 0 Å². The van der Waals surface area contributed by atoms with Crippen molar-refractivity contribution in [3.8, 4) is 0 Å². The molecule has 1 N–H and O–H groups in total. The van der Waals surface area contributed by atoms with E-state index in [0.717, 1.165) is 25.7 Å². The second-order valence-corrected chi connectivity index (χ2v) is 6.95. The van der Waals surface area contributed by atoms with Gasteiger partial charge in [-0.05, 0) is 29.9 Å². The molecule has 5 heteroatoms. The van der Waals surface area contributed by atoms with Crippen LogP contribution in [0.3, 0.4) is 0 Å². The van der Waals surface area contributed by atoms with E-state index in [1.165, 1.54) is 11.1 Å². The highest BCUT2D eigenvalue weighted by atomic mass is 16.6. The first-order chi connectivity index (χ1) is 11.2. The Morgan fingerprint density at radius 2 is 2.09 bits per heavy atom. The summed E-state index contributed by atoms with van der Waals surface area (Å²) in [5, 5.41) is 2.73. The predicted octanol–water partition coefficient (Wildman–Crippen LogP) is 2.21. The number of benzene rings is 1. The van der Waals surface area contributed by atoms with Crippen LogP contribution in [0.4, 0.5) is 4.79 Å². The van der Waals surface area contributed by atoms with Gasteiger partial charge in [0.2, 0.25) is 5.91 Å². The molecule has 0 radical (unpaired) electrons. The SMILES string of the molecule is O=C1NCC2(CCN(C(=O)CC3CCc4ccccc43)CC2)O1. The van der Waals surface area contributed by atoms with Gasteiger partial charge in [-0.25, -0.2) is 4.79 Å². The third kappa shape index (κ3) is 2.69. The second kappa shape index (κ2) is 5.55. The lowest BCUT2D eigenvalue weighted by atomic mass is 9.90. The lowest BCUT2D eigenvalue weighted by Crippen LogP contribution is -2.48. The number of hydrogen-bond acceptors (Lipinski definition) is 3. The molecule has 0 aromatic heterocycles. The number of carbonyl (C=O) groups excluding carboxylic acids is 2. The first-order valence-electron chi connectivity index (χ1n) is 8.48. The second-order valence-electron chi connectivity index (χ2n) is 6.95. The summed E-state index contributed by atoms with van der Waals surface area (Å²) in [5.41, 5.74) is 2.36. The molecule has 122 valence electrons. The zero-order valence-electron chi connectivity index (χ0n) is 13.2. The summed E-state index contributed by atoms with van der Waals surface area (Å²) in [6.45, 7) is 1.94. The number of fused-ring (bicyclic) bond motifs is 1.